The van der Waals surface area contributed by atoms with Crippen LogP contribution in [-0.4, -0.2) is 76.1 Å². The summed E-state index contributed by atoms with van der Waals surface area (Å²) < 4.78 is 7.08. The number of benzene rings is 2. The first kappa shape index (κ1) is 34.8. The maximum Gasteiger partial charge on any atom is 0.323 e. The molecule has 252 valence electrons. The monoisotopic (exact) mass is 693 g/mol. The molecule has 1 aliphatic heterocycles. The summed E-state index contributed by atoms with van der Waals surface area (Å²) in [4.78, 5) is 45.4. The van der Waals surface area contributed by atoms with Gasteiger partial charge in [0.25, 0.3) is 11.5 Å². The average Bonchev–Trinajstić information content (AvgIpc) is 3.10. The first-order valence-electron chi connectivity index (χ1n) is 15.8. The van der Waals surface area contributed by atoms with Crippen molar-refractivity contribution in [3.05, 3.63) is 86.9 Å². The van der Waals surface area contributed by atoms with Crippen LogP contribution in [0.25, 0.3) is 22.4 Å². The molecule has 1 fully saturated rings. The van der Waals surface area contributed by atoms with E-state index in [1.165, 1.54) is 42.4 Å². The van der Waals surface area contributed by atoms with Gasteiger partial charge in [-0.2, -0.15) is 5.10 Å². The van der Waals surface area contributed by atoms with Gasteiger partial charge in [-0.25, -0.2) is 9.48 Å². The van der Waals surface area contributed by atoms with Crippen molar-refractivity contribution in [1.29, 1.82) is 0 Å². The van der Waals surface area contributed by atoms with E-state index in [-0.39, 0.29) is 47.1 Å². The molecule has 1 saturated heterocycles. The first-order valence-corrected chi connectivity index (χ1v) is 16.5. The third-order valence-electron chi connectivity index (χ3n) is 7.84. The molecule has 2 aromatic heterocycles. The second kappa shape index (κ2) is 16.6. The molecule has 2 aromatic carbocycles. The summed E-state index contributed by atoms with van der Waals surface area (Å²) in [6.45, 7) is 5.36. The molecule has 0 aliphatic carbocycles. The molecule has 0 atom stereocenters. The van der Waals surface area contributed by atoms with E-state index in [0.29, 0.717) is 40.2 Å². The van der Waals surface area contributed by atoms with Crippen molar-refractivity contribution in [3.63, 3.8) is 0 Å². The normalized spacial score (nSPS) is 13.2. The van der Waals surface area contributed by atoms with Crippen molar-refractivity contribution in [2.45, 2.75) is 32.7 Å². The van der Waals surface area contributed by atoms with Crippen molar-refractivity contribution >= 4 is 46.5 Å². The van der Waals surface area contributed by atoms with Crippen molar-refractivity contribution in [3.8, 4) is 28.1 Å². The van der Waals surface area contributed by atoms with Gasteiger partial charge >= 0.3 is 6.03 Å². The van der Waals surface area contributed by atoms with E-state index in [9.17, 15) is 19.5 Å². The van der Waals surface area contributed by atoms with Gasteiger partial charge in [-0.1, -0.05) is 47.8 Å². The molecular formula is C34H37Cl2N7O5. The molecule has 0 unspecified atom stereocenters. The smallest absolute Gasteiger partial charge is 0.323 e. The number of nitrogens with zero attached hydrogens (tertiary/aromatic N) is 4. The van der Waals surface area contributed by atoms with E-state index in [0.717, 1.165) is 19.6 Å². The van der Waals surface area contributed by atoms with Crippen LogP contribution < -0.4 is 26.2 Å². The fourth-order valence-electron chi connectivity index (χ4n) is 5.42. The Morgan fingerprint density at radius 3 is 2.46 bits per heavy atom. The van der Waals surface area contributed by atoms with Crippen LogP contribution in [-0.2, 0) is 6.54 Å². The number of likely N-dealkylation sites (tertiary alicyclic amines) is 1. The number of nitrogens with one attached hydrogen (secondary N) is 3. The molecule has 48 heavy (non-hydrogen) atoms. The fraction of sp³-hybridized carbons (Fsp3) is 0.324. The number of piperidine rings is 1. The molecule has 5 rings (SSSR count). The van der Waals surface area contributed by atoms with Crippen LogP contribution in [0.4, 0.5) is 16.2 Å². The second-order valence-electron chi connectivity index (χ2n) is 11.1. The Bertz CT molecular complexity index is 1810. The zero-order chi connectivity index (χ0) is 34.0. The number of urea groups is 1. The lowest BCUT2D eigenvalue weighted by Crippen LogP contribution is -2.37. The highest BCUT2D eigenvalue weighted by Gasteiger charge is 2.18. The Hall–Kier alpha value is -4.49. The minimum absolute atomic E-state index is 0.0127. The molecular weight excluding hydrogens is 657 g/mol. The van der Waals surface area contributed by atoms with Gasteiger partial charge in [0, 0.05) is 48.7 Å². The van der Waals surface area contributed by atoms with E-state index < -0.39 is 11.6 Å². The minimum atomic E-state index is -0.729. The van der Waals surface area contributed by atoms with Crippen molar-refractivity contribution in [1.82, 2.24) is 25.0 Å². The Kier molecular flexibility index (Phi) is 12.0. The van der Waals surface area contributed by atoms with E-state index in [1.54, 1.807) is 25.1 Å². The number of hydrogen-bond acceptors (Lipinski definition) is 8. The van der Waals surface area contributed by atoms with E-state index in [4.69, 9.17) is 27.9 Å². The van der Waals surface area contributed by atoms with Gasteiger partial charge in [0.05, 0.1) is 28.0 Å². The lowest BCUT2D eigenvalue weighted by molar-refractivity contribution is 0.0946. The van der Waals surface area contributed by atoms with Gasteiger partial charge in [0.15, 0.2) is 0 Å². The van der Waals surface area contributed by atoms with Gasteiger partial charge in [-0.05, 0) is 68.8 Å². The topological polar surface area (TPSA) is 151 Å². The summed E-state index contributed by atoms with van der Waals surface area (Å²) in [5.74, 6) is 0.295. The SMILES string of the molecule is CCn1nc(-c2cccc(-c3cc(C(=O)NCCN4CCCCC4)ccc3OCCO)c2)cc(NC(=O)Nc2c(Cl)cncc2Cl)c1=O. The number of hydrogen-bond donors (Lipinski definition) is 4. The number of carbonyl (C=O) groups excluding carboxylic acids is 2. The van der Waals surface area contributed by atoms with Crippen LogP contribution in [0.3, 0.4) is 0 Å². The Morgan fingerprint density at radius 1 is 0.979 bits per heavy atom. The number of ether oxygens (including phenoxy) is 1. The minimum Gasteiger partial charge on any atom is -0.491 e. The number of aliphatic hydroxyl groups excluding tert-OH is 1. The third kappa shape index (κ3) is 8.70. The summed E-state index contributed by atoms with van der Waals surface area (Å²) in [5.41, 5.74) is 2.52. The second-order valence-corrected chi connectivity index (χ2v) is 12.0. The summed E-state index contributed by atoms with van der Waals surface area (Å²) in [6, 6.07) is 13.3. The molecule has 3 amide bonds. The average molecular weight is 695 g/mol. The van der Waals surface area contributed by atoms with Gasteiger partial charge < -0.3 is 30.7 Å². The highest BCUT2D eigenvalue weighted by atomic mass is 35.5. The predicted molar refractivity (Wildman–Crippen MR) is 187 cm³/mol. The van der Waals surface area contributed by atoms with Crippen molar-refractivity contribution in [2.24, 2.45) is 0 Å². The lowest BCUT2D eigenvalue weighted by atomic mass is 9.98. The maximum absolute atomic E-state index is 13.2. The van der Waals surface area contributed by atoms with Gasteiger partial charge in [0.2, 0.25) is 0 Å². The van der Waals surface area contributed by atoms with Crippen LogP contribution in [0.1, 0.15) is 36.5 Å². The number of amides is 3. The van der Waals surface area contributed by atoms with Crippen LogP contribution in [0.2, 0.25) is 10.0 Å². The molecule has 14 heteroatoms. The third-order valence-corrected chi connectivity index (χ3v) is 8.41. The largest absolute Gasteiger partial charge is 0.491 e. The Balaban J connectivity index is 1.41. The van der Waals surface area contributed by atoms with Gasteiger partial charge in [-0.3, -0.25) is 14.6 Å². The molecule has 0 radical (unpaired) electrons. The lowest BCUT2D eigenvalue weighted by Gasteiger charge is -2.26. The molecule has 4 aromatic rings. The maximum atomic E-state index is 13.2. The van der Waals surface area contributed by atoms with Crippen molar-refractivity contribution < 1.29 is 19.4 Å². The van der Waals surface area contributed by atoms with Crippen LogP contribution in [0, 0.1) is 0 Å². The number of pyridine rings is 1. The van der Waals surface area contributed by atoms with Gasteiger partial charge in [-0.15, -0.1) is 0 Å². The Morgan fingerprint density at radius 2 is 1.73 bits per heavy atom. The van der Waals surface area contributed by atoms with Crippen molar-refractivity contribution in [2.75, 3.05) is 50.0 Å². The van der Waals surface area contributed by atoms with E-state index in [2.05, 4.69) is 30.9 Å². The first-order chi connectivity index (χ1) is 23.3. The zero-order valence-corrected chi connectivity index (χ0v) is 28.0. The van der Waals surface area contributed by atoms with E-state index in [1.807, 2.05) is 24.3 Å². The molecule has 4 N–H and O–H groups in total. The van der Waals surface area contributed by atoms with Crippen LogP contribution in [0.15, 0.2) is 65.7 Å². The molecule has 3 heterocycles. The van der Waals surface area contributed by atoms with Gasteiger partial charge in [0.1, 0.15) is 18.0 Å². The standard InChI is InChI=1S/C34H37Cl2N7O5/c1-2-43-33(46)29(39-34(47)40-31-26(35)20-37-21-27(31)36)19-28(41-43)23-8-6-7-22(17-23)25-18-24(9-10-30(25)48-16-15-44)32(45)38-11-14-42-12-4-3-5-13-42/h6-10,17-21,44H,2-5,11-16H2,1H3,(H,38,45)(H2,37,39,40,47). The molecule has 0 bridgehead atoms. The van der Waals surface area contributed by atoms with Crippen LogP contribution >= 0.6 is 23.2 Å². The molecule has 0 saturated carbocycles. The summed E-state index contributed by atoms with van der Waals surface area (Å²) in [6.07, 6.45) is 6.30. The zero-order valence-electron chi connectivity index (χ0n) is 26.5. The number of anilines is 2. The number of carbonyl (C=O) groups is 2. The summed E-state index contributed by atoms with van der Waals surface area (Å²) in [7, 11) is 0. The molecule has 12 nitrogen and oxygen atoms in total. The number of halogens is 2. The van der Waals surface area contributed by atoms with Crippen LogP contribution in [0.5, 0.6) is 5.75 Å². The Labute approximate surface area is 288 Å². The summed E-state index contributed by atoms with van der Waals surface area (Å²) in [5, 5.41) is 22.4. The quantitative estimate of drug-likeness (QED) is 0.151. The fourth-order valence-corrected chi connectivity index (χ4v) is 5.88. The molecule has 1 aliphatic rings. The highest BCUT2D eigenvalue weighted by molar-refractivity contribution is 6.39. The predicted octanol–water partition coefficient (Wildman–Crippen LogP) is 5.53. The van der Waals surface area contributed by atoms with E-state index >= 15 is 0 Å². The number of aliphatic hydroxyl groups is 1. The molecule has 0 spiro atoms. The number of aryl methyl sites for hydroxylation is 1. The number of aromatic nitrogens is 3. The summed E-state index contributed by atoms with van der Waals surface area (Å²) >= 11 is 12.3. The number of rotatable bonds is 12. The highest BCUT2D eigenvalue weighted by Crippen LogP contribution is 2.34.